The number of methoxy groups -OCH3 is 1. The summed E-state index contributed by atoms with van der Waals surface area (Å²) >= 11 is 1.77. The summed E-state index contributed by atoms with van der Waals surface area (Å²) in [6.45, 7) is 1.92. The highest BCUT2D eigenvalue weighted by molar-refractivity contribution is 7.98. The summed E-state index contributed by atoms with van der Waals surface area (Å²) in [5.74, 6) is 0.977. The van der Waals surface area contributed by atoms with Gasteiger partial charge in [-0.15, -0.1) is 0 Å². The van der Waals surface area contributed by atoms with Crippen LogP contribution in [0.1, 0.15) is 17.5 Å². The Morgan fingerprint density at radius 2 is 1.80 bits per heavy atom. The summed E-state index contributed by atoms with van der Waals surface area (Å²) in [4.78, 5) is 12.6. The molecule has 9 heteroatoms. The van der Waals surface area contributed by atoms with Gasteiger partial charge >= 0.3 is 0 Å². The van der Waals surface area contributed by atoms with Gasteiger partial charge in [0, 0.05) is 12.3 Å². The normalized spacial score (nSPS) is 11.2. The third-order valence-electron chi connectivity index (χ3n) is 5.19. The van der Waals surface area contributed by atoms with E-state index in [1.807, 2.05) is 6.07 Å². The molecule has 0 aromatic heterocycles. The number of nitrogens with zero attached hydrogens (tertiary/aromatic N) is 1. The molecule has 0 saturated carbocycles. The number of ether oxygens (including phenoxy) is 1. The lowest BCUT2D eigenvalue weighted by Gasteiger charge is -2.24. The van der Waals surface area contributed by atoms with Crippen LogP contribution in [0, 0.1) is 12.7 Å². The van der Waals surface area contributed by atoms with Crippen molar-refractivity contribution in [2.24, 2.45) is 0 Å². The second-order valence-corrected chi connectivity index (χ2v) is 10.9. The number of halogens is 1. The summed E-state index contributed by atoms with van der Waals surface area (Å²) < 4.78 is 47.1. The minimum Gasteiger partial charge on any atom is -0.497 e. The first-order chi connectivity index (χ1) is 16.8. The molecule has 0 aliphatic rings. The number of aryl methyl sites for hydroxylation is 1. The number of benzene rings is 3. The molecule has 0 spiro atoms. The number of nitrogens with one attached hydrogen (secondary N) is 1. The molecule has 35 heavy (non-hydrogen) atoms. The zero-order valence-electron chi connectivity index (χ0n) is 19.7. The van der Waals surface area contributed by atoms with Crippen LogP contribution in [0.5, 0.6) is 5.75 Å². The first-order valence-electron chi connectivity index (χ1n) is 11.1. The maximum Gasteiger partial charge on any atom is 0.264 e. The number of carbonyl (C=O) groups is 1. The minimum atomic E-state index is -4.20. The molecule has 1 N–H and O–H groups in total. The van der Waals surface area contributed by atoms with Gasteiger partial charge in [-0.05, 0) is 61.1 Å². The van der Waals surface area contributed by atoms with E-state index in [2.05, 4.69) is 30.4 Å². The largest absolute Gasteiger partial charge is 0.497 e. The first kappa shape index (κ1) is 26.6. The topological polar surface area (TPSA) is 75.7 Å². The number of thioether (sulfide) groups is 1. The van der Waals surface area contributed by atoms with Crippen molar-refractivity contribution in [3.8, 4) is 5.75 Å². The van der Waals surface area contributed by atoms with Crippen LogP contribution in [-0.2, 0) is 20.6 Å². The van der Waals surface area contributed by atoms with Gasteiger partial charge in [-0.2, -0.15) is 11.8 Å². The number of hydrogen-bond acceptors (Lipinski definition) is 5. The van der Waals surface area contributed by atoms with Crippen LogP contribution in [0.3, 0.4) is 0 Å². The summed E-state index contributed by atoms with van der Waals surface area (Å²) in [5, 5.41) is 2.75. The molecule has 0 fully saturated rings. The fraction of sp³-hybridized carbons (Fsp3) is 0.269. The number of anilines is 1. The molecule has 0 aliphatic heterocycles. The molecular formula is C26H29FN2O4S2. The zero-order chi connectivity index (χ0) is 25.3. The minimum absolute atomic E-state index is 0.0677. The highest BCUT2D eigenvalue weighted by Crippen LogP contribution is 2.27. The van der Waals surface area contributed by atoms with Gasteiger partial charge in [0.05, 0.1) is 17.7 Å². The molecule has 3 aromatic carbocycles. The lowest BCUT2D eigenvalue weighted by Crippen LogP contribution is -2.41. The van der Waals surface area contributed by atoms with Gasteiger partial charge in [-0.1, -0.05) is 42.0 Å². The van der Waals surface area contributed by atoms with E-state index >= 15 is 0 Å². The van der Waals surface area contributed by atoms with Gasteiger partial charge in [-0.3, -0.25) is 9.10 Å². The van der Waals surface area contributed by atoms with Crippen LogP contribution in [0.15, 0.2) is 77.7 Å². The Labute approximate surface area is 210 Å². The number of hydrogen-bond donors (Lipinski definition) is 1. The number of amides is 1. The van der Waals surface area contributed by atoms with Gasteiger partial charge in [-0.25, -0.2) is 12.8 Å². The number of para-hydroxylation sites is 1. The van der Waals surface area contributed by atoms with Gasteiger partial charge in [0.2, 0.25) is 5.91 Å². The quantitative estimate of drug-likeness (QED) is 0.351. The molecule has 186 valence electrons. The van der Waals surface area contributed by atoms with Crippen LogP contribution in [0.4, 0.5) is 10.1 Å². The van der Waals surface area contributed by atoms with Crippen molar-refractivity contribution >= 4 is 33.4 Å². The van der Waals surface area contributed by atoms with E-state index in [-0.39, 0.29) is 10.6 Å². The number of sulfonamides is 1. The second-order valence-electron chi connectivity index (χ2n) is 7.88. The highest BCUT2D eigenvalue weighted by atomic mass is 32.2. The van der Waals surface area contributed by atoms with E-state index in [1.165, 1.54) is 60.7 Å². The second kappa shape index (κ2) is 12.6. The molecule has 3 rings (SSSR count). The van der Waals surface area contributed by atoms with Crippen molar-refractivity contribution < 1.29 is 22.3 Å². The predicted molar refractivity (Wildman–Crippen MR) is 139 cm³/mol. The van der Waals surface area contributed by atoms with Gasteiger partial charge in [0.25, 0.3) is 10.0 Å². The predicted octanol–water partition coefficient (Wildman–Crippen LogP) is 4.78. The van der Waals surface area contributed by atoms with Crippen LogP contribution >= 0.6 is 11.8 Å². The number of rotatable bonds is 12. The summed E-state index contributed by atoms with van der Waals surface area (Å²) in [6.07, 6.45) is 0.729. The Balaban J connectivity index is 1.61. The lowest BCUT2D eigenvalue weighted by atomic mass is 10.2. The van der Waals surface area contributed by atoms with Crippen LogP contribution < -0.4 is 14.4 Å². The highest BCUT2D eigenvalue weighted by Gasteiger charge is 2.29. The lowest BCUT2D eigenvalue weighted by molar-refractivity contribution is -0.119. The van der Waals surface area contributed by atoms with E-state index < -0.39 is 28.3 Å². The van der Waals surface area contributed by atoms with E-state index in [4.69, 9.17) is 4.74 Å². The van der Waals surface area contributed by atoms with E-state index in [1.54, 1.807) is 11.8 Å². The average Bonchev–Trinajstić information content (AvgIpc) is 2.85. The Morgan fingerprint density at radius 1 is 1.06 bits per heavy atom. The molecule has 1 amide bonds. The maximum absolute atomic E-state index is 14.6. The monoisotopic (exact) mass is 516 g/mol. The molecule has 0 aliphatic carbocycles. The Morgan fingerprint density at radius 3 is 2.49 bits per heavy atom. The summed E-state index contributed by atoms with van der Waals surface area (Å²) in [5.41, 5.74) is 2.29. The fourth-order valence-electron chi connectivity index (χ4n) is 3.41. The van der Waals surface area contributed by atoms with Crippen molar-refractivity contribution in [1.29, 1.82) is 0 Å². The van der Waals surface area contributed by atoms with Gasteiger partial charge in [0.1, 0.15) is 18.1 Å². The Hall–Kier alpha value is -3.04. The van der Waals surface area contributed by atoms with E-state index in [0.29, 0.717) is 12.3 Å². The van der Waals surface area contributed by atoms with Crippen molar-refractivity contribution in [2.45, 2.75) is 24.0 Å². The molecule has 6 nitrogen and oxygen atoms in total. The van der Waals surface area contributed by atoms with Crippen molar-refractivity contribution in [3.05, 3.63) is 89.7 Å². The molecular weight excluding hydrogens is 487 g/mol. The molecule has 0 unspecified atom stereocenters. The van der Waals surface area contributed by atoms with Gasteiger partial charge < -0.3 is 10.1 Å². The first-order valence-corrected chi connectivity index (χ1v) is 13.7. The Bertz CT molecular complexity index is 1230. The Kier molecular flexibility index (Phi) is 9.56. The molecule has 0 saturated heterocycles. The van der Waals surface area contributed by atoms with Crippen LogP contribution in [0.25, 0.3) is 0 Å². The zero-order valence-corrected chi connectivity index (χ0v) is 21.4. The standard InChI is InChI=1S/C26H29FN2O4S2/c1-20-7-5-8-21(17-20)19-34-16-6-15-28-26(30)18-29(25-10-4-3-9-24(25)27)35(31,32)23-13-11-22(33-2)12-14-23/h3-5,7-14,17H,6,15-16,18-19H2,1-2H3,(H,28,30). The number of carbonyl (C=O) groups excluding carboxylic acids is 1. The van der Waals surface area contributed by atoms with E-state index in [9.17, 15) is 17.6 Å². The van der Waals surface area contributed by atoms with Crippen molar-refractivity contribution in [3.63, 3.8) is 0 Å². The summed E-state index contributed by atoms with van der Waals surface area (Å²) in [6, 6.07) is 19.6. The molecule has 3 aromatic rings. The van der Waals surface area contributed by atoms with Crippen molar-refractivity contribution in [1.82, 2.24) is 5.32 Å². The molecule has 0 radical (unpaired) electrons. The smallest absolute Gasteiger partial charge is 0.264 e. The maximum atomic E-state index is 14.6. The van der Waals surface area contributed by atoms with Crippen molar-refractivity contribution in [2.75, 3.05) is 30.3 Å². The molecule has 0 bridgehead atoms. The SMILES string of the molecule is COc1ccc(S(=O)(=O)N(CC(=O)NCCCSCc2cccc(C)c2)c2ccccc2F)cc1. The summed E-state index contributed by atoms with van der Waals surface area (Å²) in [7, 11) is -2.72. The molecule has 0 atom stereocenters. The van der Waals surface area contributed by atoms with Gasteiger partial charge in [0.15, 0.2) is 0 Å². The van der Waals surface area contributed by atoms with E-state index in [0.717, 1.165) is 28.3 Å². The third kappa shape index (κ3) is 7.47. The third-order valence-corrected chi connectivity index (χ3v) is 8.08. The average molecular weight is 517 g/mol. The fourth-order valence-corrected chi connectivity index (χ4v) is 5.75. The van der Waals surface area contributed by atoms with Crippen LogP contribution in [-0.4, -0.2) is 40.3 Å². The molecule has 0 heterocycles. The van der Waals surface area contributed by atoms with Crippen LogP contribution in [0.2, 0.25) is 0 Å².